The molecule has 3 rings (SSSR count). The zero-order chi connectivity index (χ0) is 15.0. The van der Waals surface area contributed by atoms with Gasteiger partial charge < -0.3 is 10.7 Å². The van der Waals surface area contributed by atoms with E-state index in [9.17, 15) is 14.0 Å². The molecule has 108 valence electrons. The van der Waals surface area contributed by atoms with Crippen LogP contribution >= 0.6 is 0 Å². The molecule has 21 heavy (non-hydrogen) atoms. The van der Waals surface area contributed by atoms with Gasteiger partial charge in [-0.25, -0.2) is 9.18 Å². The lowest BCUT2D eigenvalue weighted by Gasteiger charge is -2.07. The number of benzene rings is 1. The van der Waals surface area contributed by atoms with E-state index < -0.39 is 11.2 Å². The van der Waals surface area contributed by atoms with Crippen LogP contribution in [0.1, 0.15) is 5.56 Å². The molecule has 0 radical (unpaired) electrons. The maximum absolute atomic E-state index is 13.3. The molecule has 6 nitrogen and oxygen atoms in total. The molecule has 0 saturated carbocycles. The number of nitrogens with zero attached hydrogens (tertiary/aromatic N) is 1. The van der Waals surface area contributed by atoms with Crippen molar-refractivity contribution in [1.82, 2.24) is 14.5 Å². The molecular formula is C14H13FN4O2. The van der Waals surface area contributed by atoms with E-state index in [-0.39, 0.29) is 11.6 Å². The van der Waals surface area contributed by atoms with Gasteiger partial charge in [-0.1, -0.05) is 0 Å². The van der Waals surface area contributed by atoms with Crippen LogP contribution in [0, 0.1) is 5.82 Å². The van der Waals surface area contributed by atoms with Crippen molar-refractivity contribution in [3.05, 3.63) is 62.7 Å². The summed E-state index contributed by atoms with van der Waals surface area (Å²) >= 11 is 0. The molecule has 2 aromatic heterocycles. The summed E-state index contributed by atoms with van der Waals surface area (Å²) in [4.78, 5) is 28.0. The van der Waals surface area contributed by atoms with Crippen molar-refractivity contribution in [3.63, 3.8) is 0 Å². The van der Waals surface area contributed by atoms with E-state index in [4.69, 9.17) is 5.73 Å². The highest BCUT2D eigenvalue weighted by atomic mass is 19.1. The Morgan fingerprint density at radius 2 is 2.05 bits per heavy atom. The summed E-state index contributed by atoms with van der Waals surface area (Å²) in [5.41, 5.74) is 6.30. The first-order chi connectivity index (χ1) is 10.0. The number of nitrogens with two attached hydrogens (primary N) is 1. The SMILES string of the molecule is Nc1cc(=O)[nH]c(=O)n1CCc1c[nH]c2ccc(F)cc12. The van der Waals surface area contributed by atoms with Crippen molar-refractivity contribution in [3.8, 4) is 0 Å². The zero-order valence-corrected chi connectivity index (χ0v) is 11.0. The van der Waals surface area contributed by atoms with Crippen LogP contribution in [0.4, 0.5) is 10.2 Å². The fraction of sp³-hybridized carbons (Fsp3) is 0.143. The molecule has 0 aliphatic carbocycles. The second-order valence-corrected chi connectivity index (χ2v) is 4.77. The van der Waals surface area contributed by atoms with Crippen molar-refractivity contribution in [2.75, 3.05) is 5.73 Å². The molecule has 0 fully saturated rings. The molecule has 3 aromatic rings. The number of H-pyrrole nitrogens is 2. The van der Waals surface area contributed by atoms with Crippen LogP contribution in [0.5, 0.6) is 0 Å². The van der Waals surface area contributed by atoms with Crippen LogP contribution in [-0.2, 0) is 13.0 Å². The molecule has 2 heterocycles. The number of fused-ring (bicyclic) bond motifs is 1. The molecule has 0 aliphatic rings. The first kappa shape index (κ1) is 13.2. The minimum atomic E-state index is -0.550. The van der Waals surface area contributed by atoms with Gasteiger partial charge in [0.05, 0.1) is 0 Å². The average Bonchev–Trinajstić information content (AvgIpc) is 2.80. The fourth-order valence-corrected chi connectivity index (χ4v) is 2.36. The lowest BCUT2D eigenvalue weighted by molar-refractivity contribution is 0.629. The van der Waals surface area contributed by atoms with E-state index in [2.05, 4.69) is 9.97 Å². The fourth-order valence-electron chi connectivity index (χ4n) is 2.36. The van der Waals surface area contributed by atoms with E-state index in [0.717, 1.165) is 22.5 Å². The van der Waals surface area contributed by atoms with Crippen LogP contribution in [-0.4, -0.2) is 14.5 Å². The van der Waals surface area contributed by atoms with Gasteiger partial charge in [-0.2, -0.15) is 0 Å². The highest BCUT2D eigenvalue weighted by Gasteiger charge is 2.07. The summed E-state index contributed by atoms with van der Waals surface area (Å²) in [6.45, 7) is 0.297. The van der Waals surface area contributed by atoms with Gasteiger partial charge in [0.1, 0.15) is 11.6 Å². The van der Waals surface area contributed by atoms with Crippen molar-refractivity contribution in [2.24, 2.45) is 0 Å². The van der Waals surface area contributed by atoms with E-state index in [1.165, 1.54) is 16.7 Å². The lowest BCUT2D eigenvalue weighted by Crippen LogP contribution is -2.31. The predicted octanol–water partition coefficient (Wildman–Crippen LogP) is 0.982. The minimum absolute atomic E-state index is 0.106. The largest absolute Gasteiger partial charge is 0.385 e. The van der Waals surface area contributed by atoms with Gasteiger partial charge in [0.15, 0.2) is 0 Å². The van der Waals surface area contributed by atoms with Crippen LogP contribution in [0.2, 0.25) is 0 Å². The molecule has 7 heteroatoms. The van der Waals surface area contributed by atoms with E-state index in [1.807, 2.05) is 0 Å². The Bertz CT molecular complexity index is 923. The van der Waals surface area contributed by atoms with Gasteiger partial charge in [-0.05, 0) is 30.2 Å². The number of aromatic amines is 2. The Balaban J connectivity index is 1.92. The van der Waals surface area contributed by atoms with Gasteiger partial charge in [0.25, 0.3) is 5.56 Å². The molecule has 0 atom stereocenters. The summed E-state index contributed by atoms with van der Waals surface area (Å²) in [6.07, 6.45) is 2.26. The first-order valence-electron chi connectivity index (χ1n) is 6.40. The molecule has 0 saturated heterocycles. The Morgan fingerprint density at radius 3 is 2.81 bits per heavy atom. The second kappa shape index (κ2) is 4.93. The van der Waals surface area contributed by atoms with Crippen molar-refractivity contribution >= 4 is 16.7 Å². The number of hydrogen-bond donors (Lipinski definition) is 3. The first-order valence-corrected chi connectivity index (χ1v) is 6.40. The minimum Gasteiger partial charge on any atom is -0.385 e. The van der Waals surface area contributed by atoms with Crippen LogP contribution in [0.3, 0.4) is 0 Å². The highest BCUT2D eigenvalue weighted by molar-refractivity contribution is 5.83. The Hall–Kier alpha value is -2.83. The number of nitrogens with one attached hydrogen (secondary N) is 2. The smallest absolute Gasteiger partial charge is 0.329 e. The number of nitrogen functional groups attached to an aromatic ring is 1. The Morgan fingerprint density at radius 1 is 1.24 bits per heavy atom. The van der Waals surface area contributed by atoms with Gasteiger partial charge in [-0.15, -0.1) is 0 Å². The van der Waals surface area contributed by atoms with E-state index >= 15 is 0 Å². The van der Waals surface area contributed by atoms with Crippen LogP contribution in [0.25, 0.3) is 10.9 Å². The Labute approximate surface area is 118 Å². The number of anilines is 1. The molecular weight excluding hydrogens is 275 g/mol. The molecule has 0 unspecified atom stereocenters. The number of halogens is 1. The van der Waals surface area contributed by atoms with E-state index in [1.54, 1.807) is 12.3 Å². The third kappa shape index (κ3) is 2.45. The molecule has 0 bridgehead atoms. The summed E-state index contributed by atoms with van der Waals surface area (Å²) in [6, 6.07) is 5.65. The summed E-state index contributed by atoms with van der Waals surface area (Å²) in [5, 5.41) is 0.769. The highest BCUT2D eigenvalue weighted by Crippen LogP contribution is 2.20. The lowest BCUT2D eigenvalue weighted by atomic mass is 10.1. The molecule has 4 N–H and O–H groups in total. The zero-order valence-electron chi connectivity index (χ0n) is 11.0. The van der Waals surface area contributed by atoms with Crippen LogP contribution < -0.4 is 17.0 Å². The number of rotatable bonds is 3. The number of aryl methyl sites for hydroxylation is 1. The van der Waals surface area contributed by atoms with Gasteiger partial charge in [0, 0.05) is 29.7 Å². The van der Waals surface area contributed by atoms with Crippen LogP contribution in [0.15, 0.2) is 40.1 Å². The number of aromatic nitrogens is 3. The topological polar surface area (TPSA) is 96.7 Å². The molecule has 0 spiro atoms. The maximum Gasteiger partial charge on any atom is 0.329 e. The number of hydrogen-bond acceptors (Lipinski definition) is 3. The van der Waals surface area contributed by atoms with E-state index in [0.29, 0.717) is 13.0 Å². The summed E-state index contributed by atoms with van der Waals surface area (Å²) in [7, 11) is 0. The van der Waals surface area contributed by atoms with Crippen molar-refractivity contribution in [1.29, 1.82) is 0 Å². The van der Waals surface area contributed by atoms with Crippen molar-refractivity contribution in [2.45, 2.75) is 13.0 Å². The monoisotopic (exact) mass is 288 g/mol. The third-order valence-corrected chi connectivity index (χ3v) is 3.40. The quantitative estimate of drug-likeness (QED) is 0.670. The third-order valence-electron chi connectivity index (χ3n) is 3.40. The predicted molar refractivity (Wildman–Crippen MR) is 77.7 cm³/mol. The Kier molecular flexibility index (Phi) is 3.09. The van der Waals surface area contributed by atoms with Gasteiger partial charge in [0.2, 0.25) is 0 Å². The van der Waals surface area contributed by atoms with Gasteiger partial charge >= 0.3 is 5.69 Å². The van der Waals surface area contributed by atoms with Crippen molar-refractivity contribution < 1.29 is 4.39 Å². The molecule has 1 aromatic carbocycles. The average molecular weight is 288 g/mol. The van der Waals surface area contributed by atoms with Gasteiger partial charge in [-0.3, -0.25) is 14.3 Å². The standard InChI is InChI=1S/C14H13FN4O2/c15-9-1-2-11-10(5-9)8(7-17-11)3-4-19-12(16)6-13(20)18-14(19)21/h1-2,5-7,17H,3-4,16H2,(H,18,20,21). The summed E-state index contributed by atoms with van der Waals surface area (Å²) < 4.78 is 14.6. The molecule has 0 amide bonds. The second-order valence-electron chi connectivity index (χ2n) is 4.77. The summed E-state index contributed by atoms with van der Waals surface area (Å²) in [5.74, 6) is -0.209. The maximum atomic E-state index is 13.3. The molecule has 0 aliphatic heterocycles. The normalized spacial score (nSPS) is 11.1.